The number of aromatic nitrogens is 1. The predicted octanol–water partition coefficient (Wildman–Crippen LogP) is 4.96. The highest BCUT2D eigenvalue weighted by atomic mass is 79.9. The van der Waals surface area contributed by atoms with E-state index in [1.807, 2.05) is 0 Å². The van der Waals surface area contributed by atoms with Gasteiger partial charge in [-0.05, 0) is 36.8 Å². The van der Waals surface area contributed by atoms with Gasteiger partial charge >= 0.3 is 6.18 Å². The van der Waals surface area contributed by atoms with Crippen LogP contribution in [0.3, 0.4) is 0 Å². The first-order valence-corrected chi connectivity index (χ1v) is 6.13. The van der Waals surface area contributed by atoms with Gasteiger partial charge in [0, 0.05) is 10.7 Å². The first-order chi connectivity index (χ1) is 8.88. The predicted molar refractivity (Wildman–Crippen MR) is 68.2 cm³/mol. The third-order valence-electron chi connectivity index (χ3n) is 2.43. The van der Waals surface area contributed by atoms with Crippen LogP contribution in [0.15, 0.2) is 41.0 Å². The molecule has 0 saturated carbocycles. The van der Waals surface area contributed by atoms with Crippen LogP contribution in [0.4, 0.5) is 13.2 Å². The van der Waals surface area contributed by atoms with Crippen molar-refractivity contribution in [2.45, 2.75) is 13.1 Å². The van der Waals surface area contributed by atoms with Crippen LogP contribution in [0.25, 0.3) is 0 Å². The number of alkyl halides is 3. The molecule has 0 atom stereocenters. The molecule has 6 heteroatoms. The monoisotopic (exact) mass is 331 g/mol. The molecule has 0 saturated heterocycles. The second kappa shape index (κ2) is 5.21. The van der Waals surface area contributed by atoms with E-state index in [4.69, 9.17) is 4.74 Å². The van der Waals surface area contributed by atoms with E-state index >= 15 is 0 Å². The van der Waals surface area contributed by atoms with Gasteiger partial charge in [-0.25, -0.2) is 4.98 Å². The largest absolute Gasteiger partial charge is 0.438 e. The molecular weight excluding hydrogens is 323 g/mol. The zero-order chi connectivity index (χ0) is 14.0. The van der Waals surface area contributed by atoms with E-state index in [-0.39, 0.29) is 0 Å². The van der Waals surface area contributed by atoms with Crippen LogP contribution < -0.4 is 4.74 Å². The fraction of sp³-hybridized carbons (Fsp3) is 0.154. The summed E-state index contributed by atoms with van der Waals surface area (Å²) in [6, 6.07) is 7.30. The van der Waals surface area contributed by atoms with E-state index in [2.05, 4.69) is 20.9 Å². The standard InChI is InChI=1S/C13H9BrF3NO/c1-8-4-5-9(14)7-11(8)19-12-10(13(15,16)17)3-2-6-18-12/h2-7H,1H3. The van der Waals surface area contributed by atoms with Crippen molar-refractivity contribution in [2.24, 2.45) is 0 Å². The maximum atomic E-state index is 12.8. The molecule has 2 aromatic rings. The van der Waals surface area contributed by atoms with E-state index in [1.165, 1.54) is 12.3 Å². The smallest absolute Gasteiger partial charge is 0.421 e. The van der Waals surface area contributed by atoms with Crippen molar-refractivity contribution in [3.63, 3.8) is 0 Å². The van der Waals surface area contributed by atoms with Gasteiger partial charge in [0.2, 0.25) is 5.88 Å². The number of benzene rings is 1. The van der Waals surface area contributed by atoms with Gasteiger partial charge in [-0.1, -0.05) is 22.0 Å². The van der Waals surface area contributed by atoms with Gasteiger partial charge in [-0.15, -0.1) is 0 Å². The summed E-state index contributed by atoms with van der Waals surface area (Å²) in [5.41, 5.74) is -0.170. The Kier molecular flexibility index (Phi) is 3.80. The molecule has 0 aliphatic rings. The molecular formula is C13H9BrF3NO. The molecule has 0 radical (unpaired) electrons. The molecule has 0 fully saturated rings. The molecule has 0 spiro atoms. The van der Waals surface area contributed by atoms with Crippen LogP contribution in [0, 0.1) is 6.92 Å². The number of aryl methyl sites for hydroxylation is 1. The summed E-state index contributed by atoms with van der Waals surface area (Å²) in [4.78, 5) is 3.65. The van der Waals surface area contributed by atoms with Gasteiger partial charge in [0.25, 0.3) is 0 Å². The summed E-state index contributed by atoms with van der Waals surface area (Å²) in [5.74, 6) is -0.116. The summed E-state index contributed by atoms with van der Waals surface area (Å²) in [7, 11) is 0. The fourth-order valence-electron chi connectivity index (χ4n) is 1.48. The van der Waals surface area contributed by atoms with E-state index < -0.39 is 17.6 Å². The van der Waals surface area contributed by atoms with Crippen molar-refractivity contribution < 1.29 is 17.9 Å². The Labute approximate surface area is 116 Å². The molecule has 2 nitrogen and oxygen atoms in total. The minimum absolute atomic E-state index is 0.332. The summed E-state index contributed by atoms with van der Waals surface area (Å²) in [5, 5.41) is 0. The first-order valence-electron chi connectivity index (χ1n) is 5.34. The minimum Gasteiger partial charge on any atom is -0.438 e. The molecule has 0 unspecified atom stereocenters. The molecule has 0 aliphatic heterocycles. The van der Waals surface area contributed by atoms with Crippen LogP contribution in [-0.4, -0.2) is 4.98 Å². The normalized spacial score (nSPS) is 11.4. The Balaban J connectivity index is 2.41. The highest BCUT2D eigenvalue weighted by molar-refractivity contribution is 9.10. The average Bonchev–Trinajstić information content (AvgIpc) is 2.33. The molecule has 2 rings (SSSR count). The fourth-order valence-corrected chi connectivity index (χ4v) is 1.82. The van der Waals surface area contributed by atoms with Gasteiger partial charge in [0.15, 0.2) is 0 Å². The van der Waals surface area contributed by atoms with Crippen molar-refractivity contribution in [3.8, 4) is 11.6 Å². The van der Waals surface area contributed by atoms with E-state index in [0.717, 1.165) is 16.1 Å². The van der Waals surface area contributed by atoms with E-state index in [0.29, 0.717) is 5.75 Å². The SMILES string of the molecule is Cc1ccc(Br)cc1Oc1ncccc1C(F)(F)F. The topological polar surface area (TPSA) is 22.1 Å². The number of ether oxygens (including phenoxy) is 1. The number of halogens is 4. The summed E-state index contributed by atoms with van der Waals surface area (Å²) >= 11 is 3.25. The summed E-state index contributed by atoms with van der Waals surface area (Å²) < 4.78 is 44.4. The zero-order valence-electron chi connectivity index (χ0n) is 9.83. The Morgan fingerprint density at radius 2 is 1.95 bits per heavy atom. The van der Waals surface area contributed by atoms with Crippen molar-refractivity contribution >= 4 is 15.9 Å². The Hall–Kier alpha value is -1.56. The molecule has 0 amide bonds. The average molecular weight is 332 g/mol. The van der Waals surface area contributed by atoms with Crippen LogP contribution in [-0.2, 0) is 6.18 Å². The van der Waals surface area contributed by atoms with Gasteiger partial charge in [-0.3, -0.25) is 0 Å². The van der Waals surface area contributed by atoms with Crippen LogP contribution >= 0.6 is 15.9 Å². The number of pyridine rings is 1. The summed E-state index contributed by atoms with van der Waals surface area (Å²) in [6.07, 6.45) is -3.23. The van der Waals surface area contributed by atoms with E-state index in [9.17, 15) is 13.2 Å². The number of hydrogen-bond acceptors (Lipinski definition) is 2. The van der Waals surface area contributed by atoms with Gasteiger partial charge in [-0.2, -0.15) is 13.2 Å². The molecule has 0 N–H and O–H groups in total. The van der Waals surface area contributed by atoms with Crippen LogP contribution in [0.5, 0.6) is 11.6 Å². The molecule has 1 aromatic carbocycles. The number of nitrogens with zero attached hydrogens (tertiary/aromatic N) is 1. The minimum atomic E-state index is -4.50. The van der Waals surface area contributed by atoms with Gasteiger partial charge in [0.1, 0.15) is 11.3 Å². The van der Waals surface area contributed by atoms with Crippen molar-refractivity contribution in [2.75, 3.05) is 0 Å². The Morgan fingerprint density at radius 1 is 1.21 bits per heavy atom. The lowest BCUT2D eigenvalue weighted by molar-refractivity contribution is -0.138. The van der Waals surface area contributed by atoms with Crippen molar-refractivity contribution in [1.29, 1.82) is 0 Å². The van der Waals surface area contributed by atoms with Crippen LogP contribution in [0.1, 0.15) is 11.1 Å². The second-order valence-electron chi connectivity index (χ2n) is 3.87. The van der Waals surface area contributed by atoms with E-state index in [1.54, 1.807) is 25.1 Å². The third kappa shape index (κ3) is 3.26. The van der Waals surface area contributed by atoms with Crippen molar-refractivity contribution in [1.82, 2.24) is 4.98 Å². The maximum absolute atomic E-state index is 12.8. The molecule has 1 heterocycles. The molecule has 0 aliphatic carbocycles. The maximum Gasteiger partial charge on any atom is 0.421 e. The van der Waals surface area contributed by atoms with Crippen LogP contribution in [0.2, 0.25) is 0 Å². The number of hydrogen-bond donors (Lipinski definition) is 0. The molecule has 1 aromatic heterocycles. The molecule has 0 bridgehead atoms. The first kappa shape index (κ1) is 13.9. The number of rotatable bonds is 2. The van der Waals surface area contributed by atoms with Gasteiger partial charge in [0.05, 0.1) is 0 Å². The van der Waals surface area contributed by atoms with Gasteiger partial charge < -0.3 is 4.74 Å². The Bertz CT molecular complexity index is 599. The second-order valence-corrected chi connectivity index (χ2v) is 4.78. The summed E-state index contributed by atoms with van der Waals surface area (Å²) in [6.45, 7) is 1.75. The lowest BCUT2D eigenvalue weighted by Crippen LogP contribution is -2.08. The van der Waals surface area contributed by atoms with Crippen molar-refractivity contribution in [3.05, 3.63) is 52.1 Å². The zero-order valence-corrected chi connectivity index (χ0v) is 11.4. The molecule has 100 valence electrons. The highest BCUT2D eigenvalue weighted by Crippen LogP contribution is 2.37. The Morgan fingerprint density at radius 3 is 2.63 bits per heavy atom. The third-order valence-corrected chi connectivity index (χ3v) is 2.93. The quantitative estimate of drug-likeness (QED) is 0.775. The highest BCUT2D eigenvalue weighted by Gasteiger charge is 2.35. The lowest BCUT2D eigenvalue weighted by atomic mass is 10.2. The molecule has 19 heavy (non-hydrogen) atoms. The lowest BCUT2D eigenvalue weighted by Gasteiger charge is -2.13.